The van der Waals surface area contributed by atoms with Crippen molar-refractivity contribution in [3.63, 3.8) is 0 Å². The minimum absolute atomic E-state index is 0.135. The fourth-order valence-electron chi connectivity index (χ4n) is 3.19. The van der Waals surface area contributed by atoms with Gasteiger partial charge in [0.2, 0.25) is 0 Å². The Balaban J connectivity index is 0.00000124. The number of hydrogen-bond acceptors (Lipinski definition) is 5. The van der Waals surface area contributed by atoms with E-state index in [9.17, 15) is 9.59 Å². The molecule has 2 heterocycles. The SMILES string of the molecule is CC.CC1(C)OB(c2ccc3c(c2)C(=O)N(OCc2ccccc2)C3=O)OC1(C)C. The third kappa shape index (κ3) is 3.93. The van der Waals surface area contributed by atoms with Crippen LogP contribution >= 0.6 is 0 Å². The molecule has 2 aromatic rings. The van der Waals surface area contributed by atoms with Gasteiger partial charge in [-0.25, -0.2) is 0 Å². The predicted octanol–water partition coefficient (Wildman–Crippen LogP) is 3.74. The van der Waals surface area contributed by atoms with Crippen molar-refractivity contribution < 1.29 is 23.7 Å². The van der Waals surface area contributed by atoms with Gasteiger partial charge in [-0.2, -0.15) is 0 Å². The topological polar surface area (TPSA) is 65.1 Å². The highest BCUT2D eigenvalue weighted by Gasteiger charge is 2.52. The van der Waals surface area contributed by atoms with E-state index in [1.807, 2.05) is 71.9 Å². The number of hydrogen-bond donors (Lipinski definition) is 0. The molecule has 0 aliphatic carbocycles. The van der Waals surface area contributed by atoms with E-state index in [1.54, 1.807) is 18.2 Å². The van der Waals surface area contributed by atoms with E-state index in [0.717, 1.165) is 10.6 Å². The van der Waals surface area contributed by atoms with E-state index in [2.05, 4.69) is 0 Å². The summed E-state index contributed by atoms with van der Waals surface area (Å²) in [5.41, 5.74) is 1.21. The Morgan fingerprint density at radius 3 is 2.03 bits per heavy atom. The van der Waals surface area contributed by atoms with Gasteiger partial charge in [0.15, 0.2) is 0 Å². The molecule has 0 saturated carbocycles. The molecule has 0 spiro atoms. The van der Waals surface area contributed by atoms with Gasteiger partial charge in [0.1, 0.15) is 6.61 Å². The van der Waals surface area contributed by atoms with Crippen LogP contribution in [0.2, 0.25) is 0 Å². The Kier molecular flexibility index (Phi) is 6.17. The van der Waals surface area contributed by atoms with E-state index in [-0.39, 0.29) is 6.61 Å². The quantitative estimate of drug-likeness (QED) is 0.569. The van der Waals surface area contributed by atoms with Gasteiger partial charge in [0.05, 0.1) is 22.3 Å². The van der Waals surface area contributed by atoms with E-state index in [1.165, 1.54) is 0 Å². The fourth-order valence-corrected chi connectivity index (χ4v) is 3.19. The van der Waals surface area contributed by atoms with Crippen LogP contribution in [0.3, 0.4) is 0 Å². The second-order valence-electron chi connectivity index (χ2n) is 8.06. The molecule has 7 heteroatoms. The number of carbonyl (C=O) groups is 2. The van der Waals surface area contributed by atoms with Crippen LogP contribution in [0.5, 0.6) is 0 Å². The molecule has 2 amide bonds. The first-order chi connectivity index (χ1) is 14.2. The highest BCUT2D eigenvalue weighted by molar-refractivity contribution is 6.62. The van der Waals surface area contributed by atoms with Crippen molar-refractivity contribution in [3.05, 3.63) is 65.2 Å². The Hall–Kier alpha value is -2.48. The minimum atomic E-state index is -0.600. The summed E-state index contributed by atoms with van der Waals surface area (Å²) in [6, 6.07) is 14.4. The maximum Gasteiger partial charge on any atom is 0.494 e. The molecule has 0 radical (unpaired) electrons. The summed E-state index contributed by atoms with van der Waals surface area (Å²) in [5, 5.41) is 0.825. The van der Waals surface area contributed by atoms with Crippen LogP contribution in [-0.4, -0.2) is 35.2 Å². The number of nitrogens with zero attached hydrogens (tertiary/aromatic N) is 1. The number of carbonyl (C=O) groups excluding carboxylic acids is 2. The van der Waals surface area contributed by atoms with Crippen molar-refractivity contribution >= 4 is 24.4 Å². The molecule has 1 saturated heterocycles. The van der Waals surface area contributed by atoms with Crippen LogP contribution in [0.15, 0.2) is 48.5 Å². The highest BCUT2D eigenvalue weighted by atomic mass is 16.7. The van der Waals surface area contributed by atoms with Gasteiger partial charge in [-0.05, 0) is 50.9 Å². The summed E-state index contributed by atoms with van der Waals surface area (Å²) < 4.78 is 12.1. The molecule has 30 heavy (non-hydrogen) atoms. The molecule has 0 atom stereocenters. The van der Waals surface area contributed by atoms with Gasteiger partial charge >= 0.3 is 7.12 Å². The summed E-state index contributed by atoms with van der Waals surface area (Å²) >= 11 is 0. The Bertz CT molecular complexity index is 926. The van der Waals surface area contributed by atoms with Gasteiger partial charge in [-0.3, -0.25) is 14.4 Å². The minimum Gasteiger partial charge on any atom is -0.399 e. The van der Waals surface area contributed by atoms with Crippen LogP contribution in [-0.2, 0) is 20.8 Å². The monoisotopic (exact) mass is 409 g/mol. The van der Waals surface area contributed by atoms with Crippen LogP contribution in [0.1, 0.15) is 67.8 Å². The third-order valence-electron chi connectivity index (χ3n) is 5.60. The van der Waals surface area contributed by atoms with Crippen LogP contribution in [0.4, 0.5) is 0 Å². The van der Waals surface area contributed by atoms with E-state index in [4.69, 9.17) is 14.1 Å². The zero-order chi connectivity index (χ0) is 22.1. The molecule has 1 fully saturated rings. The molecule has 0 bridgehead atoms. The molecular weight excluding hydrogens is 381 g/mol. The molecule has 2 aromatic carbocycles. The zero-order valence-corrected chi connectivity index (χ0v) is 18.4. The summed E-state index contributed by atoms with van der Waals surface area (Å²) in [4.78, 5) is 30.8. The zero-order valence-electron chi connectivity index (χ0n) is 18.4. The molecule has 2 aliphatic rings. The third-order valence-corrected chi connectivity index (χ3v) is 5.60. The molecule has 2 aliphatic heterocycles. The van der Waals surface area contributed by atoms with Crippen LogP contribution in [0, 0.1) is 0 Å². The second kappa shape index (κ2) is 8.34. The van der Waals surface area contributed by atoms with Crippen molar-refractivity contribution in [1.82, 2.24) is 5.06 Å². The van der Waals surface area contributed by atoms with Crippen LogP contribution < -0.4 is 5.46 Å². The Morgan fingerprint density at radius 2 is 1.43 bits per heavy atom. The lowest BCUT2D eigenvalue weighted by atomic mass is 9.78. The van der Waals surface area contributed by atoms with Crippen molar-refractivity contribution in [1.29, 1.82) is 0 Å². The first kappa shape index (κ1) is 22.2. The number of imide groups is 1. The number of benzene rings is 2. The fraction of sp³-hybridized carbons (Fsp3) is 0.391. The molecule has 0 aromatic heterocycles. The lowest BCUT2D eigenvalue weighted by Crippen LogP contribution is -2.41. The highest BCUT2D eigenvalue weighted by Crippen LogP contribution is 2.36. The number of hydroxylamine groups is 2. The maximum absolute atomic E-state index is 12.7. The molecule has 0 unspecified atom stereocenters. The summed E-state index contributed by atoms with van der Waals surface area (Å²) in [7, 11) is -0.600. The summed E-state index contributed by atoms with van der Waals surface area (Å²) in [6.45, 7) is 12.0. The van der Waals surface area contributed by atoms with Gasteiger partial charge in [-0.15, -0.1) is 5.06 Å². The van der Waals surface area contributed by atoms with Crippen molar-refractivity contribution in [2.24, 2.45) is 0 Å². The molecule has 158 valence electrons. The average Bonchev–Trinajstić information content (AvgIpc) is 3.10. The van der Waals surface area contributed by atoms with Gasteiger partial charge in [-0.1, -0.05) is 50.2 Å². The smallest absolute Gasteiger partial charge is 0.399 e. The van der Waals surface area contributed by atoms with E-state index < -0.39 is 30.1 Å². The van der Waals surface area contributed by atoms with Gasteiger partial charge < -0.3 is 9.31 Å². The number of fused-ring (bicyclic) bond motifs is 1. The van der Waals surface area contributed by atoms with Gasteiger partial charge in [0, 0.05) is 0 Å². The molecule has 4 rings (SSSR count). The summed E-state index contributed by atoms with van der Waals surface area (Å²) in [6.07, 6.45) is 0. The standard InChI is InChI=1S/C21H22BNO5.C2H6/c1-20(2)21(3,4)28-22(27-20)15-10-11-16-17(12-15)19(25)23(18(16)24)26-13-14-8-6-5-7-9-14;1-2/h5-12H,13H2,1-4H3;1-2H3. The van der Waals surface area contributed by atoms with Crippen molar-refractivity contribution in [3.8, 4) is 0 Å². The molecular formula is C23H28BNO5. The maximum atomic E-state index is 12.7. The van der Waals surface area contributed by atoms with Crippen LogP contribution in [0.25, 0.3) is 0 Å². The average molecular weight is 409 g/mol. The molecule has 0 N–H and O–H groups in total. The Labute approximate surface area is 178 Å². The lowest BCUT2D eigenvalue weighted by molar-refractivity contribution is -0.101. The number of rotatable bonds is 4. The predicted molar refractivity (Wildman–Crippen MR) is 115 cm³/mol. The number of amides is 2. The summed E-state index contributed by atoms with van der Waals surface area (Å²) in [5.74, 6) is -0.939. The van der Waals surface area contributed by atoms with Gasteiger partial charge in [0.25, 0.3) is 11.8 Å². The Morgan fingerprint density at radius 1 is 0.867 bits per heavy atom. The van der Waals surface area contributed by atoms with Crippen molar-refractivity contribution in [2.75, 3.05) is 0 Å². The first-order valence-corrected chi connectivity index (χ1v) is 10.2. The van der Waals surface area contributed by atoms with Crippen molar-refractivity contribution in [2.45, 2.75) is 59.4 Å². The largest absolute Gasteiger partial charge is 0.494 e. The van der Waals surface area contributed by atoms with E-state index in [0.29, 0.717) is 16.6 Å². The van der Waals surface area contributed by atoms with E-state index >= 15 is 0 Å². The normalized spacial score (nSPS) is 18.9. The first-order valence-electron chi connectivity index (χ1n) is 10.2. The lowest BCUT2D eigenvalue weighted by Gasteiger charge is -2.32. The molecule has 6 nitrogen and oxygen atoms in total. The second-order valence-corrected chi connectivity index (χ2v) is 8.06.